The van der Waals surface area contributed by atoms with Crippen LogP contribution in [0.3, 0.4) is 0 Å². The van der Waals surface area contributed by atoms with E-state index in [4.69, 9.17) is 37.9 Å². The molecule has 3 unspecified atom stereocenters. The minimum Gasteiger partial charge on any atom is -0.498 e. The quantitative estimate of drug-likeness (QED) is 0.0188. The first kappa shape index (κ1) is 66.9. The third-order valence-corrected chi connectivity index (χ3v) is 16.7. The SMILES string of the molecule is C=C(CCC(C)CCC(C)C)OCC(C)(COC(=O)CCC1CCC(C)CC1)COC(=O)CCN(CCC(=O)OCC(C)(COCOCCCC1CCC(C)CC1)COC(=O)CCC1CCC(C)CC1)COCSC. The minimum atomic E-state index is -0.797. The van der Waals surface area contributed by atoms with Crippen LogP contribution in [0, 0.1) is 58.2 Å². The van der Waals surface area contributed by atoms with Crippen molar-refractivity contribution in [3.63, 3.8) is 0 Å². The first-order valence-corrected chi connectivity index (χ1v) is 31.1. The van der Waals surface area contributed by atoms with E-state index >= 15 is 0 Å². The minimum absolute atomic E-state index is 0.00253. The van der Waals surface area contributed by atoms with Crippen molar-refractivity contribution in [2.75, 3.05) is 85.1 Å². The summed E-state index contributed by atoms with van der Waals surface area (Å²) in [5, 5.41) is 0. The molecule has 0 spiro atoms. The second kappa shape index (κ2) is 38.3. The highest BCUT2D eigenvalue weighted by Crippen LogP contribution is 2.34. The fraction of sp³-hybridized carbons (Fsp3) is 0.902. The third kappa shape index (κ3) is 32.3. The normalized spacial score (nSPS) is 23.2. The van der Waals surface area contributed by atoms with Crippen molar-refractivity contribution in [2.45, 2.75) is 209 Å². The molecule has 75 heavy (non-hydrogen) atoms. The van der Waals surface area contributed by atoms with Crippen LogP contribution in [-0.2, 0) is 57.1 Å². The van der Waals surface area contributed by atoms with E-state index in [-0.39, 0.29) is 91.0 Å². The summed E-state index contributed by atoms with van der Waals surface area (Å²) in [7, 11) is 0. The van der Waals surface area contributed by atoms with Gasteiger partial charge in [0.25, 0.3) is 0 Å². The molecule has 0 N–H and O–H groups in total. The van der Waals surface area contributed by atoms with Crippen molar-refractivity contribution in [1.82, 2.24) is 4.90 Å². The number of nitrogens with zero attached hydrogens (tertiary/aromatic N) is 1. The molecule has 436 valence electrons. The van der Waals surface area contributed by atoms with E-state index in [0.29, 0.717) is 54.8 Å². The molecule has 3 aliphatic rings. The van der Waals surface area contributed by atoms with E-state index in [1.165, 1.54) is 76.0 Å². The number of thioether (sulfide) groups is 1. The van der Waals surface area contributed by atoms with Gasteiger partial charge in [0.1, 0.15) is 40.0 Å². The Labute approximate surface area is 460 Å². The Balaban J connectivity index is 1.52. The molecule has 14 heteroatoms. The molecule has 0 aromatic heterocycles. The van der Waals surface area contributed by atoms with Gasteiger partial charge in [0, 0.05) is 39.0 Å². The van der Waals surface area contributed by atoms with Crippen molar-refractivity contribution < 1.29 is 57.1 Å². The predicted molar refractivity (Wildman–Crippen MR) is 301 cm³/mol. The zero-order valence-electron chi connectivity index (χ0n) is 49.0. The molecule has 3 atom stereocenters. The third-order valence-electron chi connectivity index (χ3n) is 16.3. The van der Waals surface area contributed by atoms with Crippen molar-refractivity contribution in [3.05, 3.63) is 12.3 Å². The van der Waals surface area contributed by atoms with Crippen LogP contribution in [0.4, 0.5) is 0 Å². The van der Waals surface area contributed by atoms with E-state index < -0.39 is 22.8 Å². The fourth-order valence-electron chi connectivity index (χ4n) is 10.4. The molecule has 0 heterocycles. The van der Waals surface area contributed by atoms with Crippen molar-refractivity contribution in [1.29, 1.82) is 0 Å². The summed E-state index contributed by atoms with van der Waals surface area (Å²) < 4.78 is 47.3. The van der Waals surface area contributed by atoms with Gasteiger partial charge < -0.3 is 37.9 Å². The van der Waals surface area contributed by atoms with E-state index in [1.807, 2.05) is 25.0 Å². The Morgan fingerprint density at radius 2 is 0.960 bits per heavy atom. The van der Waals surface area contributed by atoms with E-state index in [9.17, 15) is 19.2 Å². The second-order valence-corrected chi connectivity index (χ2v) is 25.8. The number of carbonyl (C=O) groups excluding carboxylic acids is 4. The van der Waals surface area contributed by atoms with Gasteiger partial charge in [-0.25, -0.2) is 0 Å². The molecule has 3 saturated carbocycles. The number of rotatable bonds is 41. The number of ether oxygens (including phenoxy) is 8. The van der Waals surface area contributed by atoms with Gasteiger partial charge in [-0.1, -0.05) is 145 Å². The lowest BCUT2D eigenvalue weighted by atomic mass is 9.81. The fourth-order valence-corrected chi connectivity index (χ4v) is 10.7. The Hall–Kier alpha value is -2.39. The highest BCUT2D eigenvalue weighted by atomic mass is 32.2. The molecule has 0 aromatic carbocycles. The smallest absolute Gasteiger partial charge is 0.307 e. The molecule has 0 aromatic rings. The van der Waals surface area contributed by atoms with E-state index in [1.54, 1.807) is 0 Å². The van der Waals surface area contributed by atoms with Gasteiger partial charge in [-0.15, -0.1) is 11.8 Å². The Morgan fingerprint density at radius 1 is 0.533 bits per heavy atom. The highest BCUT2D eigenvalue weighted by Gasteiger charge is 2.32. The van der Waals surface area contributed by atoms with E-state index in [2.05, 4.69) is 48.1 Å². The lowest BCUT2D eigenvalue weighted by Gasteiger charge is -2.30. The van der Waals surface area contributed by atoms with Crippen molar-refractivity contribution >= 4 is 35.6 Å². The van der Waals surface area contributed by atoms with Crippen LogP contribution in [0.15, 0.2) is 12.3 Å². The molecule has 3 aliphatic carbocycles. The summed E-state index contributed by atoms with van der Waals surface area (Å²) in [6.45, 7) is 23.7. The Bertz CT molecular complexity index is 1570. The lowest BCUT2D eigenvalue weighted by Crippen LogP contribution is -2.37. The largest absolute Gasteiger partial charge is 0.498 e. The van der Waals surface area contributed by atoms with Crippen LogP contribution < -0.4 is 0 Å². The number of esters is 4. The standard InChI is InChI=1S/C61H109NO12S/c1-47(2)13-14-48(3)15-22-52(7)70-39-61(9,42-72-57(64)32-30-55-27-20-51(6)21-28-55)43-74-59(66)34-36-62(44-69-46-75-10)35-33-58(65)73-41-60(8,40-71-56(63)31-29-54-25-18-50(5)19-26-54)38-68-45-67-37-11-12-53-23-16-49(4)17-24-53/h47-51,53-55H,7,11-46H2,1-6,8-10H3. The van der Waals surface area contributed by atoms with Gasteiger partial charge in [0.15, 0.2) is 0 Å². The average molecular weight is 1080 g/mol. The number of hydrogen-bond donors (Lipinski definition) is 0. The molecular weight excluding hydrogens is 971 g/mol. The zero-order chi connectivity index (χ0) is 54.9. The van der Waals surface area contributed by atoms with Crippen LogP contribution in [0.2, 0.25) is 0 Å². The molecule has 0 aliphatic heterocycles. The Morgan fingerprint density at radius 3 is 1.41 bits per heavy atom. The molecule has 13 nitrogen and oxygen atoms in total. The summed E-state index contributed by atoms with van der Waals surface area (Å²) in [6.07, 6.45) is 25.4. The van der Waals surface area contributed by atoms with Gasteiger partial charge in [0.2, 0.25) is 0 Å². The van der Waals surface area contributed by atoms with Gasteiger partial charge in [-0.05, 0) is 92.6 Å². The zero-order valence-corrected chi connectivity index (χ0v) is 49.9. The van der Waals surface area contributed by atoms with Gasteiger partial charge >= 0.3 is 23.9 Å². The van der Waals surface area contributed by atoms with Crippen LogP contribution >= 0.6 is 11.8 Å². The van der Waals surface area contributed by atoms with Crippen LogP contribution in [-0.4, -0.2) is 114 Å². The molecule has 0 saturated heterocycles. The molecule has 3 rings (SSSR count). The molecule has 0 bridgehead atoms. The van der Waals surface area contributed by atoms with Gasteiger partial charge in [-0.2, -0.15) is 0 Å². The molecular formula is C61H109NO12S. The first-order chi connectivity index (χ1) is 35.8. The molecule has 0 radical (unpaired) electrons. The summed E-state index contributed by atoms with van der Waals surface area (Å²) >= 11 is 1.54. The van der Waals surface area contributed by atoms with E-state index in [0.717, 1.165) is 87.9 Å². The first-order valence-electron chi connectivity index (χ1n) is 29.7. The molecule has 3 fully saturated rings. The maximum atomic E-state index is 13.4. The number of allylic oxidation sites excluding steroid dienone is 1. The highest BCUT2D eigenvalue weighted by molar-refractivity contribution is 7.98. The van der Waals surface area contributed by atoms with Crippen LogP contribution in [0.25, 0.3) is 0 Å². The maximum absolute atomic E-state index is 13.4. The predicted octanol–water partition coefficient (Wildman–Crippen LogP) is 13.7. The molecule has 0 amide bonds. The summed E-state index contributed by atoms with van der Waals surface area (Å²) in [6, 6.07) is 0. The summed E-state index contributed by atoms with van der Waals surface area (Å²) in [5.74, 6) is 5.27. The monoisotopic (exact) mass is 1080 g/mol. The number of hydrogen-bond acceptors (Lipinski definition) is 14. The summed E-state index contributed by atoms with van der Waals surface area (Å²) in [4.78, 5) is 54.7. The van der Waals surface area contributed by atoms with Crippen molar-refractivity contribution in [3.8, 4) is 0 Å². The van der Waals surface area contributed by atoms with Crippen LogP contribution in [0.5, 0.6) is 0 Å². The average Bonchev–Trinajstić information content (AvgIpc) is 3.39. The van der Waals surface area contributed by atoms with Gasteiger partial charge in [-0.3, -0.25) is 24.1 Å². The second-order valence-electron chi connectivity index (χ2n) is 25.0. The summed E-state index contributed by atoms with van der Waals surface area (Å²) in [5.41, 5.74) is -1.59. The topological polar surface area (TPSA) is 145 Å². The maximum Gasteiger partial charge on any atom is 0.307 e. The lowest BCUT2D eigenvalue weighted by molar-refractivity contribution is -0.160. The van der Waals surface area contributed by atoms with Crippen molar-refractivity contribution in [2.24, 2.45) is 58.2 Å². The Kier molecular flexibility index (Phi) is 34.1. The van der Waals surface area contributed by atoms with Crippen LogP contribution in [0.1, 0.15) is 209 Å². The van der Waals surface area contributed by atoms with Gasteiger partial charge in [0.05, 0.1) is 48.6 Å². The number of carbonyl (C=O) groups is 4.